The van der Waals surface area contributed by atoms with E-state index in [1.165, 1.54) is 5.56 Å². The summed E-state index contributed by atoms with van der Waals surface area (Å²) in [5.74, 6) is -0.0825. The second kappa shape index (κ2) is 6.42. The first-order valence-corrected chi connectivity index (χ1v) is 8.78. The molecule has 0 spiro atoms. The van der Waals surface area contributed by atoms with Crippen LogP contribution >= 0.6 is 0 Å². The molecule has 0 fully saturated rings. The number of nitrogens with zero attached hydrogens (tertiary/aromatic N) is 2. The molecular formula is C21H22N4O. The van der Waals surface area contributed by atoms with Crippen LogP contribution in [-0.4, -0.2) is 48.0 Å². The van der Waals surface area contributed by atoms with Crippen LogP contribution in [0.1, 0.15) is 15.9 Å². The molecule has 0 bridgehead atoms. The Hall–Kier alpha value is -2.92. The number of likely N-dealkylation sites (N-methyl/N-ethyl adjacent to an activating group) is 1. The lowest BCUT2D eigenvalue weighted by Crippen LogP contribution is -2.31. The van der Waals surface area contributed by atoms with Gasteiger partial charge in [0.1, 0.15) is 0 Å². The SMILES string of the molecule is Cc1cccc2[nH]c3cc4cccc(C(=O)NCCN(C)C)c4nc3c12. The fraction of sp³-hybridized carbons (Fsp3) is 0.238. The Kier molecular flexibility index (Phi) is 4.09. The number of carbonyl (C=O) groups excluding carboxylic acids is 1. The van der Waals surface area contributed by atoms with Gasteiger partial charge in [-0.1, -0.05) is 24.3 Å². The van der Waals surface area contributed by atoms with Crippen molar-refractivity contribution in [1.29, 1.82) is 0 Å². The summed E-state index contributed by atoms with van der Waals surface area (Å²) in [6.45, 7) is 3.49. The Labute approximate surface area is 152 Å². The minimum atomic E-state index is -0.0825. The van der Waals surface area contributed by atoms with E-state index in [0.717, 1.165) is 39.4 Å². The molecule has 0 aliphatic heterocycles. The second-order valence-electron chi connectivity index (χ2n) is 6.94. The minimum Gasteiger partial charge on any atom is -0.353 e. The molecule has 4 rings (SSSR count). The molecule has 0 saturated carbocycles. The zero-order chi connectivity index (χ0) is 18.3. The van der Waals surface area contributed by atoms with Gasteiger partial charge in [-0.05, 0) is 44.8 Å². The first-order valence-electron chi connectivity index (χ1n) is 8.78. The van der Waals surface area contributed by atoms with Crippen molar-refractivity contribution >= 4 is 38.7 Å². The van der Waals surface area contributed by atoms with Crippen LogP contribution in [0, 0.1) is 6.92 Å². The molecule has 0 atom stereocenters. The van der Waals surface area contributed by atoms with Crippen LogP contribution in [0.15, 0.2) is 42.5 Å². The normalized spacial score (nSPS) is 11.7. The zero-order valence-corrected chi connectivity index (χ0v) is 15.3. The van der Waals surface area contributed by atoms with Crippen LogP contribution in [0.2, 0.25) is 0 Å². The largest absolute Gasteiger partial charge is 0.353 e. The van der Waals surface area contributed by atoms with E-state index < -0.39 is 0 Å². The molecule has 5 heteroatoms. The molecule has 4 aromatic rings. The Balaban J connectivity index is 1.85. The number of pyridine rings is 1. The van der Waals surface area contributed by atoms with Crippen molar-refractivity contribution in [1.82, 2.24) is 20.2 Å². The maximum absolute atomic E-state index is 12.7. The Bertz CT molecular complexity index is 1130. The van der Waals surface area contributed by atoms with E-state index in [-0.39, 0.29) is 5.91 Å². The van der Waals surface area contributed by atoms with Gasteiger partial charge >= 0.3 is 0 Å². The lowest BCUT2D eigenvalue weighted by atomic mass is 10.1. The lowest BCUT2D eigenvalue weighted by Gasteiger charge is -2.11. The molecular weight excluding hydrogens is 324 g/mol. The average Bonchev–Trinajstić information content (AvgIpc) is 2.97. The van der Waals surface area contributed by atoms with E-state index in [1.54, 1.807) is 0 Å². The van der Waals surface area contributed by atoms with Crippen molar-refractivity contribution in [3.8, 4) is 0 Å². The highest BCUT2D eigenvalue weighted by atomic mass is 16.1. The van der Waals surface area contributed by atoms with Crippen LogP contribution in [0.5, 0.6) is 0 Å². The highest BCUT2D eigenvalue weighted by Gasteiger charge is 2.14. The van der Waals surface area contributed by atoms with Crippen LogP contribution < -0.4 is 5.32 Å². The third kappa shape index (κ3) is 2.80. The van der Waals surface area contributed by atoms with Gasteiger partial charge in [0, 0.05) is 29.4 Å². The maximum atomic E-state index is 12.7. The summed E-state index contributed by atoms with van der Waals surface area (Å²) < 4.78 is 0. The molecule has 2 heterocycles. The number of carbonyl (C=O) groups is 1. The third-order valence-corrected chi connectivity index (χ3v) is 4.71. The number of rotatable bonds is 4. The minimum absolute atomic E-state index is 0.0825. The van der Waals surface area contributed by atoms with Crippen LogP contribution in [-0.2, 0) is 0 Å². The van der Waals surface area contributed by atoms with Crippen LogP contribution in [0.4, 0.5) is 0 Å². The number of hydrogen-bond acceptors (Lipinski definition) is 3. The Morgan fingerprint density at radius 3 is 2.73 bits per heavy atom. The van der Waals surface area contributed by atoms with Gasteiger partial charge in [-0.25, -0.2) is 4.98 Å². The van der Waals surface area contributed by atoms with Gasteiger partial charge < -0.3 is 15.2 Å². The number of aromatic amines is 1. The summed E-state index contributed by atoms with van der Waals surface area (Å²) in [7, 11) is 3.98. The summed E-state index contributed by atoms with van der Waals surface area (Å²) >= 11 is 0. The molecule has 0 unspecified atom stereocenters. The number of fused-ring (bicyclic) bond motifs is 4. The molecule has 2 aromatic heterocycles. The molecule has 132 valence electrons. The summed E-state index contributed by atoms with van der Waals surface area (Å²) in [5, 5.41) is 5.06. The quantitative estimate of drug-likeness (QED) is 0.595. The topological polar surface area (TPSA) is 61.0 Å². The summed E-state index contributed by atoms with van der Waals surface area (Å²) in [5.41, 5.74) is 5.51. The fourth-order valence-electron chi connectivity index (χ4n) is 3.39. The van der Waals surface area contributed by atoms with Crippen LogP contribution in [0.25, 0.3) is 32.8 Å². The van der Waals surface area contributed by atoms with Gasteiger partial charge in [0.2, 0.25) is 0 Å². The number of para-hydroxylation sites is 1. The van der Waals surface area contributed by atoms with Crippen molar-refractivity contribution in [2.24, 2.45) is 0 Å². The van der Waals surface area contributed by atoms with Gasteiger partial charge in [-0.3, -0.25) is 4.79 Å². The van der Waals surface area contributed by atoms with Gasteiger partial charge in [-0.2, -0.15) is 0 Å². The van der Waals surface area contributed by atoms with E-state index in [4.69, 9.17) is 4.98 Å². The lowest BCUT2D eigenvalue weighted by molar-refractivity contribution is 0.0952. The molecule has 2 N–H and O–H groups in total. The van der Waals surface area contributed by atoms with E-state index in [9.17, 15) is 4.79 Å². The van der Waals surface area contributed by atoms with E-state index in [1.807, 2.05) is 43.3 Å². The monoisotopic (exact) mass is 346 g/mol. The van der Waals surface area contributed by atoms with Gasteiger partial charge in [0.05, 0.1) is 22.1 Å². The van der Waals surface area contributed by atoms with Crippen molar-refractivity contribution in [3.05, 3.63) is 53.6 Å². The van der Waals surface area contributed by atoms with E-state index in [0.29, 0.717) is 12.1 Å². The van der Waals surface area contributed by atoms with Crippen LogP contribution in [0.3, 0.4) is 0 Å². The number of nitrogens with one attached hydrogen (secondary N) is 2. The van der Waals surface area contributed by atoms with Crippen molar-refractivity contribution in [3.63, 3.8) is 0 Å². The van der Waals surface area contributed by atoms with Gasteiger partial charge in [0.15, 0.2) is 0 Å². The summed E-state index contributed by atoms with van der Waals surface area (Å²) in [6, 6.07) is 14.0. The van der Waals surface area contributed by atoms with Crippen molar-refractivity contribution in [2.75, 3.05) is 27.2 Å². The number of aryl methyl sites for hydroxylation is 1. The number of amides is 1. The maximum Gasteiger partial charge on any atom is 0.253 e. The highest BCUT2D eigenvalue weighted by Crippen LogP contribution is 2.30. The van der Waals surface area contributed by atoms with Crippen molar-refractivity contribution < 1.29 is 4.79 Å². The molecule has 5 nitrogen and oxygen atoms in total. The fourth-order valence-corrected chi connectivity index (χ4v) is 3.39. The third-order valence-electron chi connectivity index (χ3n) is 4.71. The molecule has 0 aliphatic rings. The van der Waals surface area contributed by atoms with Crippen molar-refractivity contribution in [2.45, 2.75) is 6.92 Å². The number of hydrogen-bond donors (Lipinski definition) is 2. The number of H-pyrrole nitrogens is 1. The molecule has 2 aromatic carbocycles. The van der Waals surface area contributed by atoms with Gasteiger partial charge in [0.25, 0.3) is 5.91 Å². The molecule has 0 radical (unpaired) electrons. The number of benzene rings is 2. The van der Waals surface area contributed by atoms with E-state index >= 15 is 0 Å². The average molecular weight is 346 g/mol. The molecule has 0 saturated heterocycles. The van der Waals surface area contributed by atoms with Gasteiger partial charge in [-0.15, -0.1) is 0 Å². The number of aromatic nitrogens is 2. The smallest absolute Gasteiger partial charge is 0.253 e. The van der Waals surface area contributed by atoms with E-state index in [2.05, 4.69) is 35.4 Å². The first kappa shape index (κ1) is 16.5. The first-order chi connectivity index (χ1) is 12.5. The second-order valence-corrected chi connectivity index (χ2v) is 6.94. The Morgan fingerprint density at radius 2 is 1.92 bits per heavy atom. The predicted octanol–water partition coefficient (Wildman–Crippen LogP) is 3.47. The summed E-state index contributed by atoms with van der Waals surface area (Å²) in [6.07, 6.45) is 0. The summed E-state index contributed by atoms with van der Waals surface area (Å²) in [4.78, 5) is 23.0. The predicted molar refractivity (Wildman–Crippen MR) is 107 cm³/mol. The Morgan fingerprint density at radius 1 is 1.12 bits per heavy atom. The highest BCUT2D eigenvalue weighted by molar-refractivity contribution is 6.13. The zero-order valence-electron chi connectivity index (χ0n) is 15.3. The molecule has 0 aliphatic carbocycles. The molecule has 26 heavy (non-hydrogen) atoms. The standard InChI is InChI=1S/C21H22N4O/c1-13-6-4-9-16-18(13)20-17(23-16)12-14-7-5-8-15(19(14)24-20)21(26)22-10-11-25(2)3/h4-9,12,23H,10-11H2,1-3H3,(H,22,26). The molecule has 1 amide bonds.